The van der Waals surface area contributed by atoms with E-state index in [2.05, 4.69) is 10.3 Å². The van der Waals surface area contributed by atoms with Crippen LogP contribution in [0.2, 0.25) is 0 Å². The van der Waals surface area contributed by atoms with Crippen molar-refractivity contribution < 1.29 is 9.59 Å². The standard InChI is InChI=1S/C15H16N4O2S.2ClH/c16-11-4-1-2-5-12(11)18-13(20)8-10-9-22-15(17-10)19-7-3-6-14(19)21;;/h1-2,4-5,9H,3,6-8,16H2,(H,18,20);2*1H. The number of hydrogen-bond donors (Lipinski definition) is 2. The van der Waals surface area contributed by atoms with Crippen molar-refractivity contribution in [3.63, 3.8) is 0 Å². The first-order valence-electron chi connectivity index (χ1n) is 7.02. The van der Waals surface area contributed by atoms with Crippen molar-refractivity contribution in [3.8, 4) is 0 Å². The van der Waals surface area contributed by atoms with Gasteiger partial charge in [-0.1, -0.05) is 12.1 Å². The van der Waals surface area contributed by atoms with Gasteiger partial charge in [0.1, 0.15) is 0 Å². The molecule has 9 heteroatoms. The van der Waals surface area contributed by atoms with Gasteiger partial charge in [0.2, 0.25) is 11.8 Å². The number of para-hydroxylation sites is 2. The Labute approximate surface area is 156 Å². The van der Waals surface area contributed by atoms with E-state index in [0.29, 0.717) is 35.2 Å². The second-order valence-electron chi connectivity index (χ2n) is 5.08. The van der Waals surface area contributed by atoms with E-state index in [0.717, 1.165) is 6.42 Å². The number of anilines is 3. The molecule has 2 amide bonds. The Morgan fingerprint density at radius 1 is 1.33 bits per heavy atom. The Morgan fingerprint density at radius 3 is 2.75 bits per heavy atom. The lowest BCUT2D eigenvalue weighted by Crippen LogP contribution is -2.23. The fraction of sp³-hybridized carbons (Fsp3) is 0.267. The van der Waals surface area contributed by atoms with Crippen molar-refractivity contribution in [2.24, 2.45) is 0 Å². The highest BCUT2D eigenvalue weighted by Gasteiger charge is 2.24. The van der Waals surface area contributed by atoms with Crippen molar-refractivity contribution in [2.75, 3.05) is 22.5 Å². The number of nitrogen functional groups attached to an aromatic ring is 1. The van der Waals surface area contributed by atoms with Crippen molar-refractivity contribution in [1.29, 1.82) is 0 Å². The van der Waals surface area contributed by atoms with E-state index in [1.807, 2.05) is 17.5 Å². The summed E-state index contributed by atoms with van der Waals surface area (Å²) in [5.41, 5.74) is 7.57. The van der Waals surface area contributed by atoms with E-state index in [1.54, 1.807) is 17.0 Å². The molecule has 6 nitrogen and oxygen atoms in total. The number of carbonyl (C=O) groups is 2. The molecule has 24 heavy (non-hydrogen) atoms. The SMILES string of the molecule is Cl.Cl.Nc1ccccc1NC(=O)Cc1csc(N2CCCC2=O)n1. The van der Waals surface area contributed by atoms with Crippen LogP contribution >= 0.6 is 36.2 Å². The van der Waals surface area contributed by atoms with E-state index in [1.165, 1.54) is 11.3 Å². The van der Waals surface area contributed by atoms with Gasteiger partial charge in [0.05, 0.1) is 23.5 Å². The number of nitrogens with two attached hydrogens (primary N) is 1. The molecule has 1 saturated heterocycles. The van der Waals surface area contributed by atoms with Crippen LogP contribution in [0.25, 0.3) is 0 Å². The zero-order chi connectivity index (χ0) is 15.5. The average molecular weight is 389 g/mol. The number of hydrogen-bond acceptors (Lipinski definition) is 5. The van der Waals surface area contributed by atoms with Gasteiger partial charge in [-0.15, -0.1) is 36.2 Å². The summed E-state index contributed by atoms with van der Waals surface area (Å²) in [5, 5.41) is 5.25. The second kappa shape index (κ2) is 8.86. The van der Waals surface area contributed by atoms with Gasteiger partial charge in [-0.3, -0.25) is 14.5 Å². The highest BCUT2D eigenvalue weighted by molar-refractivity contribution is 7.14. The lowest BCUT2D eigenvalue weighted by Gasteiger charge is -2.10. The highest BCUT2D eigenvalue weighted by atomic mass is 35.5. The van der Waals surface area contributed by atoms with Gasteiger partial charge in [-0.2, -0.15) is 0 Å². The van der Waals surface area contributed by atoms with E-state index in [9.17, 15) is 9.59 Å². The van der Waals surface area contributed by atoms with Crippen molar-refractivity contribution in [3.05, 3.63) is 35.3 Å². The van der Waals surface area contributed by atoms with E-state index < -0.39 is 0 Å². The monoisotopic (exact) mass is 388 g/mol. The number of nitrogens with one attached hydrogen (secondary N) is 1. The Hall–Kier alpha value is -1.83. The molecule has 2 aromatic rings. The predicted octanol–water partition coefficient (Wildman–Crippen LogP) is 2.88. The van der Waals surface area contributed by atoms with E-state index in [4.69, 9.17) is 5.73 Å². The van der Waals surface area contributed by atoms with Crippen molar-refractivity contribution >= 4 is 64.5 Å². The third kappa shape index (κ3) is 4.59. The smallest absolute Gasteiger partial charge is 0.230 e. The summed E-state index contributed by atoms with van der Waals surface area (Å²) in [6, 6.07) is 7.11. The molecule has 1 fully saturated rings. The minimum absolute atomic E-state index is 0. The van der Waals surface area contributed by atoms with Crippen molar-refractivity contribution in [1.82, 2.24) is 4.98 Å². The molecular formula is C15H18Cl2N4O2S. The fourth-order valence-electron chi connectivity index (χ4n) is 2.32. The first-order valence-corrected chi connectivity index (χ1v) is 7.90. The minimum Gasteiger partial charge on any atom is -0.397 e. The number of amides is 2. The first-order chi connectivity index (χ1) is 10.6. The summed E-state index contributed by atoms with van der Waals surface area (Å²) in [6.07, 6.45) is 1.59. The first kappa shape index (κ1) is 20.2. The maximum Gasteiger partial charge on any atom is 0.230 e. The zero-order valence-electron chi connectivity index (χ0n) is 12.7. The Bertz CT molecular complexity index is 723. The molecule has 0 aliphatic carbocycles. The maximum atomic E-state index is 12.0. The van der Waals surface area contributed by atoms with E-state index in [-0.39, 0.29) is 43.0 Å². The quantitative estimate of drug-likeness (QED) is 0.787. The molecular weight excluding hydrogens is 371 g/mol. The topological polar surface area (TPSA) is 88.3 Å². The van der Waals surface area contributed by atoms with Crippen LogP contribution < -0.4 is 16.0 Å². The number of rotatable bonds is 4. The van der Waals surface area contributed by atoms with Crippen LogP contribution in [-0.2, 0) is 16.0 Å². The number of benzene rings is 1. The molecule has 2 heterocycles. The molecule has 3 rings (SSSR count). The number of aromatic nitrogens is 1. The van der Waals surface area contributed by atoms with Gasteiger partial charge < -0.3 is 11.1 Å². The van der Waals surface area contributed by atoms with Gasteiger partial charge in [0, 0.05) is 18.3 Å². The van der Waals surface area contributed by atoms with Gasteiger partial charge in [0.15, 0.2) is 5.13 Å². The fourth-order valence-corrected chi connectivity index (χ4v) is 3.19. The third-order valence-corrected chi connectivity index (χ3v) is 4.33. The van der Waals surface area contributed by atoms with Crippen molar-refractivity contribution in [2.45, 2.75) is 19.3 Å². The molecule has 0 spiro atoms. The van der Waals surface area contributed by atoms with Crippen LogP contribution in [-0.4, -0.2) is 23.3 Å². The number of carbonyl (C=O) groups excluding carboxylic acids is 2. The van der Waals surface area contributed by atoms with Gasteiger partial charge >= 0.3 is 0 Å². The summed E-state index contributed by atoms with van der Waals surface area (Å²) in [6.45, 7) is 0.707. The lowest BCUT2D eigenvalue weighted by atomic mass is 10.2. The number of nitrogens with zero attached hydrogens (tertiary/aromatic N) is 2. The van der Waals surface area contributed by atoms with Gasteiger partial charge in [-0.05, 0) is 18.6 Å². The molecule has 130 valence electrons. The summed E-state index contributed by atoms with van der Waals surface area (Å²) in [7, 11) is 0. The molecule has 0 atom stereocenters. The van der Waals surface area contributed by atoms with Crippen LogP contribution in [0.5, 0.6) is 0 Å². The summed E-state index contributed by atoms with van der Waals surface area (Å²) in [4.78, 5) is 29.8. The normalized spacial score (nSPS) is 13.2. The third-order valence-electron chi connectivity index (χ3n) is 3.42. The van der Waals surface area contributed by atoms with Gasteiger partial charge in [-0.25, -0.2) is 4.98 Å². The maximum absolute atomic E-state index is 12.0. The Balaban J connectivity index is 0.00000144. The minimum atomic E-state index is -0.178. The molecule has 1 aromatic heterocycles. The average Bonchev–Trinajstić information content (AvgIpc) is 3.10. The molecule has 1 aliphatic rings. The molecule has 1 aromatic carbocycles. The van der Waals surface area contributed by atoms with Crippen LogP contribution in [0.15, 0.2) is 29.6 Å². The molecule has 3 N–H and O–H groups in total. The van der Waals surface area contributed by atoms with Crippen LogP contribution in [0.3, 0.4) is 0 Å². The second-order valence-corrected chi connectivity index (χ2v) is 5.92. The highest BCUT2D eigenvalue weighted by Crippen LogP contribution is 2.25. The van der Waals surface area contributed by atoms with Crippen LogP contribution in [0, 0.1) is 0 Å². The Kier molecular flexibility index (Phi) is 7.47. The molecule has 0 unspecified atom stereocenters. The number of halogens is 2. The molecule has 0 bridgehead atoms. The predicted molar refractivity (Wildman–Crippen MR) is 101 cm³/mol. The molecule has 0 saturated carbocycles. The van der Waals surface area contributed by atoms with Gasteiger partial charge in [0.25, 0.3) is 0 Å². The zero-order valence-corrected chi connectivity index (χ0v) is 15.2. The summed E-state index contributed by atoms with van der Waals surface area (Å²) >= 11 is 1.39. The van der Waals surface area contributed by atoms with Crippen LogP contribution in [0.1, 0.15) is 18.5 Å². The summed E-state index contributed by atoms with van der Waals surface area (Å²) < 4.78 is 0. The van der Waals surface area contributed by atoms with Crippen LogP contribution in [0.4, 0.5) is 16.5 Å². The van der Waals surface area contributed by atoms with E-state index >= 15 is 0 Å². The number of thiazole rings is 1. The molecule has 1 aliphatic heterocycles. The largest absolute Gasteiger partial charge is 0.397 e. The lowest BCUT2D eigenvalue weighted by molar-refractivity contribution is -0.117. The molecule has 0 radical (unpaired) electrons. The Morgan fingerprint density at radius 2 is 2.08 bits per heavy atom. The summed E-state index contributed by atoms with van der Waals surface area (Å²) in [5.74, 6) is -0.0788.